The minimum atomic E-state index is 0.0491. The highest BCUT2D eigenvalue weighted by Gasteiger charge is 2.06. The topological polar surface area (TPSA) is 23.1 Å². The summed E-state index contributed by atoms with van der Waals surface area (Å²) >= 11 is 0. The fourth-order valence-electron chi connectivity index (χ4n) is 2.37. The van der Waals surface area contributed by atoms with E-state index in [1.165, 1.54) is 0 Å². The van der Waals surface area contributed by atoms with Gasteiger partial charge in [-0.15, -0.1) is 0 Å². The standard InChI is InChI=1S/C20H16O/c21-20(18-14-8-3-9-15-18)19(16-10-4-1-5-11-16)17-12-6-2-7-13-17/h1-15,21H/p-1. The lowest BCUT2D eigenvalue weighted by Crippen LogP contribution is -2.07. The third-order valence-electron chi connectivity index (χ3n) is 3.39. The normalized spacial score (nSPS) is 10.1. The molecule has 3 aromatic carbocycles. The van der Waals surface area contributed by atoms with Crippen molar-refractivity contribution in [1.29, 1.82) is 0 Å². The quantitative estimate of drug-likeness (QED) is 0.522. The minimum absolute atomic E-state index is 0.0491. The SMILES string of the molecule is [O-]C(=C(c1ccccc1)c1ccccc1)c1ccccc1. The van der Waals surface area contributed by atoms with Gasteiger partial charge in [0.05, 0.1) is 0 Å². The van der Waals surface area contributed by atoms with Gasteiger partial charge < -0.3 is 5.11 Å². The molecule has 0 saturated carbocycles. The molecule has 3 aromatic rings. The van der Waals surface area contributed by atoms with Gasteiger partial charge in [0, 0.05) is 0 Å². The maximum Gasteiger partial charge on any atom is -0.0184 e. The van der Waals surface area contributed by atoms with Gasteiger partial charge in [-0.2, -0.15) is 0 Å². The molecule has 0 fully saturated rings. The van der Waals surface area contributed by atoms with Gasteiger partial charge in [-0.3, -0.25) is 0 Å². The third-order valence-corrected chi connectivity index (χ3v) is 3.39. The highest BCUT2D eigenvalue weighted by Crippen LogP contribution is 2.28. The molecule has 0 heterocycles. The molecule has 0 N–H and O–H groups in total. The van der Waals surface area contributed by atoms with Crippen LogP contribution in [0.3, 0.4) is 0 Å². The summed E-state index contributed by atoms with van der Waals surface area (Å²) in [5.74, 6) is 0.0491. The minimum Gasteiger partial charge on any atom is -0.872 e. The van der Waals surface area contributed by atoms with Crippen LogP contribution in [0.25, 0.3) is 11.3 Å². The predicted molar refractivity (Wildman–Crippen MR) is 85.2 cm³/mol. The van der Waals surface area contributed by atoms with E-state index in [1.807, 2.05) is 91.0 Å². The highest BCUT2D eigenvalue weighted by molar-refractivity contribution is 5.94. The second-order valence-electron chi connectivity index (χ2n) is 4.80. The van der Waals surface area contributed by atoms with Crippen molar-refractivity contribution in [3.63, 3.8) is 0 Å². The molecule has 0 unspecified atom stereocenters. The van der Waals surface area contributed by atoms with Crippen molar-refractivity contribution < 1.29 is 5.11 Å². The van der Waals surface area contributed by atoms with Gasteiger partial charge in [0.2, 0.25) is 0 Å². The van der Waals surface area contributed by atoms with E-state index >= 15 is 0 Å². The fraction of sp³-hybridized carbons (Fsp3) is 0. The van der Waals surface area contributed by atoms with Crippen molar-refractivity contribution in [1.82, 2.24) is 0 Å². The third kappa shape index (κ3) is 2.87. The van der Waals surface area contributed by atoms with Crippen LogP contribution in [0.1, 0.15) is 16.7 Å². The zero-order valence-electron chi connectivity index (χ0n) is 11.6. The average molecular weight is 271 g/mol. The zero-order valence-corrected chi connectivity index (χ0v) is 11.6. The summed E-state index contributed by atoms with van der Waals surface area (Å²) in [5.41, 5.74) is 3.33. The molecule has 0 aromatic heterocycles. The average Bonchev–Trinajstić information content (AvgIpc) is 2.58. The number of hydrogen-bond donors (Lipinski definition) is 0. The van der Waals surface area contributed by atoms with Crippen molar-refractivity contribution in [2.24, 2.45) is 0 Å². The summed E-state index contributed by atoms with van der Waals surface area (Å²) in [4.78, 5) is 0. The Morgan fingerprint density at radius 1 is 0.476 bits per heavy atom. The second-order valence-corrected chi connectivity index (χ2v) is 4.80. The molecular weight excluding hydrogens is 256 g/mol. The van der Waals surface area contributed by atoms with Crippen LogP contribution < -0.4 is 5.11 Å². The molecule has 0 amide bonds. The van der Waals surface area contributed by atoms with E-state index in [0.717, 1.165) is 16.7 Å². The highest BCUT2D eigenvalue weighted by atomic mass is 16.3. The first-order valence-electron chi connectivity index (χ1n) is 6.94. The Bertz CT molecular complexity index is 687. The molecular formula is C20H15O-. The summed E-state index contributed by atoms with van der Waals surface area (Å²) < 4.78 is 0. The number of benzene rings is 3. The maximum absolute atomic E-state index is 12.9. The summed E-state index contributed by atoms with van der Waals surface area (Å²) in [6.07, 6.45) is 0. The first-order chi connectivity index (χ1) is 10.4. The van der Waals surface area contributed by atoms with E-state index in [-0.39, 0.29) is 5.76 Å². The molecule has 21 heavy (non-hydrogen) atoms. The molecule has 102 valence electrons. The van der Waals surface area contributed by atoms with E-state index in [9.17, 15) is 5.11 Å². The van der Waals surface area contributed by atoms with Crippen LogP contribution in [0.2, 0.25) is 0 Å². The lowest BCUT2D eigenvalue weighted by atomic mass is 9.94. The van der Waals surface area contributed by atoms with Crippen LogP contribution in [0.5, 0.6) is 0 Å². The fourth-order valence-corrected chi connectivity index (χ4v) is 2.37. The summed E-state index contributed by atoms with van der Waals surface area (Å²) in [6, 6.07) is 29.0. The first kappa shape index (κ1) is 13.2. The van der Waals surface area contributed by atoms with E-state index in [4.69, 9.17) is 0 Å². The van der Waals surface area contributed by atoms with Crippen LogP contribution in [-0.4, -0.2) is 0 Å². The van der Waals surface area contributed by atoms with E-state index in [2.05, 4.69) is 0 Å². The number of rotatable bonds is 3. The molecule has 3 rings (SSSR count). The lowest BCUT2D eigenvalue weighted by Gasteiger charge is -2.21. The maximum atomic E-state index is 12.9. The zero-order chi connectivity index (χ0) is 14.5. The van der Waals surface area contributed by atoms with Crippen molar-refractivity contribution in [2.45, 2.75) is 0 Å². The van der Waals surface area contributed by atoms with Gasteiger partial charge in [-0.1, -0.05) is 96.8 Å². The number of hydrogen-bond acceptors (Lipinski definition) is 1. The summed E-state index contributed by atoms with van der Waals surface area (Å²) in [7, 11) is 0. The molecule has 0 aliphatic heterocycles. The Morgan fingerprint density at radius 2 is 0.810 bits per heavy atom. The van der Waals surface area contributed by atoms with Crippen LogP contribution >= 0.6 is 0 Å². The van der Waals surface area contributed by atoms with Gasteiger partial charge in [0.25, 0.3) is 0 Å². The second kappa shape index (κ2) is 6.10. The molecule has 0 radical (unpaired) electrons. The first-order valence-corrected chi connectivity index (χ1v) is 6.94. The van der Waals surface area contributed by atoms with Gasteiger partial charge in [0.15, 0.2) is 0 Å². The van der Waals surface area contributed by atoms with Crippen molar-refractivity contribution >= 4 is 11.3 Å². The largest absolute Gasteiger partial charge is 0.872 e. The smallest absolute Gasteiger partial charge is 0.0184 e. The Kier molecular flexibility index (Phi) is 3.83. The summed E-state index contributed by atoms with van der Waals surface area (Å²) in [5, 5.41) is 12.9. The molecule has 0 aliphatic rings. The molecule has 0 atom stereocenters. The Labute approximate surface area is 124 Å². The Balaban J connectivity index is 2.22. The van der Waals surface area contributed by atoms with Crippen LogP contribution in [0.4, 0.5) is 0 Å². The molecule has 0 spiro atoms. The van der Waals surface area contributed by atoms with E-state index < -0.39 is 0 Å². The van der Waals surface area contributed by atoms with E-state index in [0.29, 0.717) is 5.56 Å². The van der Waals surface area contributed by atoms with Gasteiger partial charge in [0.1, 0.15) is 0 Å². The Morgan fingerprint density at radius 3 is 1.19 bits per heavy atom. The Hall–Kier alpha value is -2.80. The van der Waals surface area contributed by atoms with Crippen molar-refractivity contribution in [3.05, 3.63) is 108 Å². The molecule has 0 saturated heterocycles. The van der Waals surface area contributed by atoms with Crippen LogP contribution in [-0.2, 0) is 0 Å². The van der Waals surface area contributed by atoms with E-state index in [1.54, 1.807) is 0 Å². The monoisotopic (exact) mass is 271 g/mol. The van der Waals surface area contributed by atoms with Gasteiger partial charge in [-0.25, -0.2) is 0 Å². The molecule has 0 bridgehead atoms. The van der Waals surface area contributed by atoms with Crippen molar-refractivity contribution in [2.75, 3.05) is 0 Å². The predicted octanol–water partition coefficient (Wildman–Crippen LogP) is 3.96. The summed E-state index contributed by atoms with van der Waals surface area (Å²) in [6.45, 7) is 0. The molecule has 0 aliphatic carbocycles. The van der Waals surface area contributed by atoms with Crippen LogP contribution in [0.15, 0.2) is 91.0 Å². The lowest BCUT2D eigenvalue weighted by molar-refractivity contribution is -0.242. The molecule has 1 heteroatoms. The van der Waals surface area contributed by atoms with Crippen molar-refractivity contribution in [3.8, 4) is 0 Å². The van der Waals surface area contributed by atoms with Crippen LogP contribution in [0, 0.1) is 0 Å². The molecule has 1 nitrogen and oxygen atoms in total. The van der Waals surface area contributed by atoms with Gasteiger partial charge in [-0.05, 0) is 22.3 Å². The van der Waals surface area contributed by atoms with Gasteiger partial charge >= 0.3 is 0 Å².